The van der Waals surface area contributed by atoms with Crippen LogP contribution in [0.25, 0.3) is 0 Å². The van der Waals surface area contributed by atoms with Gasteiger partial charge in [-0.25, -0.2) is 9.48 Å². The van der Waals surface area contributed by atoms with Gasteiger partial charge in [0.25, 0.3) is 0 Å². The van der Waals surface area contributed by atoms with Crippen molar-refractivity contribution in [3.8, 4) is 0 Å². The first kappa shape index (κ1) is 20.6. The number of halogens is 1. The summed E-state index contributed by atoms with van der Waals surface area (Å²) in [7, 11) is 0. The van der Waals surface area contributed by atoms with Crippen LogP contribution >= 0.6 is 11.6 Å². The second-order valence-corrected chi connectivity index (χ2v) is 8.77. The van der Waals surface area contributed by atoms with E-state index >= 15 is 0 Å². The van der Waals surface area contributed by atoms with Crippen molar-refractivity contribution in [2.45, 2.75) is 38.3 Å². The van der Waals surface area contributed by atoms with E-state index < -0.39 is 5.54 Å². The first-order valence-corrected chi connectivity index (χ1v) is 10.9. The van der Waals surface area contributed by atoms with Crippen LogP contribution in [0.5, 0.6) is 0 Å². The number of anilines is 2. The highest BCUT2D eigenvalue weighted by Crippen LogP contribution is 2.41. The average Bonchev–Trinajstić information content (AvgIpc) is 3.43. The molecular formula is C22H23ClN6O3. The standard InChI is InChI=1S/C22H23ClN6O3/c1-15-12-18(26-32-15)14-28-19-6-9-24-29(19)22(13-20(28)30)7-10-27(11-8-22)21(31)25-17-4-2-16(23)3-5-17/h2-6,9,12H,7-8,10-11,13-14H2,1H3,(H,25,31). The summed E-state index contributed by atoms with van der Waals surface area (Å²) in [5.74, 6) is 1.48. The first-order chi connectivity index (χ1) is 15.4. The molecule has 2 aliphatic heterocycles. The summed E-state index contributed by atoms with van der Waals surface area (Å²) in [4.78, 5) is 29.3. The number of aromatic nitrogens is 3. The summed E-state index contributed by atoms with van der Waals surface area (Å²) in [6.45, 7) is 3.24. The molecule has 1 fully saturated rings. The zero-order valence-electron chi connectivity index (χ0n) is 17.6. The predicted octanol–water partition coefficient (Wildman–Crippen LogP) is 3.79. The highest BCUT2D eigenvalue weighted by molar-refractivity contribution is 6.30. The second kappa shape index (κ2) is 7.98. The molecule has 9 nitrogen and oxygen atoms in total. The van der Waals surface area contributed by atoms with Gasteiger partial charge in [0, 0.05) is 35.9 Å². The lowest BCUT2D eigenvalue weighted by atomic mass is 9.82. The van der Waals surface area contributed by atoms with Gasteiger partial charge < -0.3 is 14.7 Å². The van der Waals surface area contributed by atoms with Crippen LogP contribution in [0.1, 0.15) is 30.7 Å². The van der Waals surface area contributed by atoms with Gasteiger partial charge in [-0.1, -0.05) is 16.8 Å². The van der Waals surface area contributed by atoms with Crippen molar-refractivity contribution in [3.63, 3.8) is 0 Å². The third-order valence-electron chi connectivity index (χ3n) is 6.20. The zero-order valence-corrected chi connectivity index (χ0v) is 18.4. The van der Waals surface area contributed by atoms with Crippen LogP contribution in [0, 0.1) is 6.92 Å². The number of rotatable bonds is 3. The Morgan fingerprint density at radius 1 is 1.22 bits per heavy atom. The number of amides is 3. The quantitative estimate of drug-likeness (QED) is 0.649. The lowest BCUT2D eigenvalue weighted by Crippen LogP contribution is -2.55. The van der Waals surface area contributed by atoms with Crippen molar-refractivity contribution in [3.05, 3.63) is 59.1 Å². The van der Waals surface area contributed by atoms with Crippen molar-refractivity contribution in [2.75, 3.05) is 23.3 Å². The number of nitrogens with one attached hydrogen (secondary N) is 1. The van der Waals surface area contributed by atoms with Gasteiger partial charge in [0.1, 0.15) is 17.3 Å². The lowest BCUT2D eigenvalue weighted by Gasteiger charge is -2.46. The van der Waals surface area contributed by atoms with Crippen LogP contribution in [-0.4, -0.2) is 44.9 Å². The molecule has 1 aromatic carbocycles. The Bertz CT molecular complexity index is 1150. The summed E-state index contributed by atoms with van der Waals surface area (Å²) in [5, 5.41) is 12.1. The van der Waals surface area contributed by atoms with E-state index in [0.29, 0.717) is 61.1 Å². The minimum atomic E-state index is -0.427. The molecule has 3 aromatic rings. The van der Waals surface area contributed by atoms with Crippen LogP contribution in [-0.2, 0) is 16.9 Å². The molecular weight excluding hydrogens is 432 g/mol. The Balaban J connectivity index is 1.29. The fourth-order valence-electron chi connectivity index (χ4n) is 4.52. The minimum absolute atomic E-state index is 0.0257. The Hall–Kier alpha value is -3.33. The number of urea groups is 1. The van der Waals surface area contributed by atoms with Gasteiger partial charge in [-0.15, -0.1) is 0 Å². The molecule has 1 spiro atoms. The minimum Gasteiger partial charge on any atom is -0.361 e. The Morgan fingerprint density at radius 2 is 1.97 bits per heavy atom. The van der Waals surface area contributed by atoms with Crippen molar-refractivity contribution >= 4 is 35.0 Å². The molecule has 32 heavy (non-hydrogen) atoms. The first-order valence-electron chi connectivity index (χ1n) is 10.5. The number of aryl methyl sites for hydroxylation is 1. The van der Waals surface area contributed by atoms with Crippen LogP contribution in [0.15, 0.2) is 47.1 Å². The highest BCUT2D eigenvalue weighted by Gasteiger charge is 2.46. The molecule has 0 bridgehead atoms. The topological polar surface area (TPSA) is 96.5 Å². The Labute approximate surface area is 189 Å². The summed E-state index contributed by atoms with van der Waals surface area (Å²) in [5.41, 5.74) is 0.970. The molecule has 0 radical (unpaired) electrons. The van der Waals surface area contributed by atoms with Crippen LogP contribution in [0.3, 0.4) is 0 Å². The molecule has 2 aliphatic rings. The molecule has 2 aromatic heterocycles. The number of carbonyl (C=O) groups is 2. The summed E-state index contributed by atoms with van der Waals surface area (Å²) >= 11 is 5.91. The van der Waals surface area contributed by atoms with Crippen molar-refractivity contribution in [1.82, 2.24) is 19.8 Å². The van der Waals surface area contributed by atoms with Crippen molar-refractivity contribution in [1.29, 1.82) is 0 Å². The maximum Gasteiger partial charge on any atom is 0.321 e. The van der Waals surface area contributed by atoms with Gasteiger partial charge in [0.15, 0.2) is 0 Å². The van der Waals surface area contributed by atoms with Gasteiger partial charge in [-0.2, -0.15) is 5.10 Å². The molecule has 1 N–H and O–H groups in total. The monoisotopic (exact) mass is 454 g/mol. The number of likely N-dealkylation sites (tertiary alicyclic amines) is 1. The van der Waals surface area contributed by atoms with E-state index in [1.54, 1.807) is 40.3 Å². The van der Waals surface area contributed by atoms with E-state index in [9.17, 15) is 9.59 Å². The van der Waals surface area contributed by atoms with Crippen molar-refractivity contribution < 1.29 is 14.1 Å². The smallest absolute Gasteiger partial charge is 0.321 e. The fraction of sp³-hybridized carbons (Fsp3) is 0.364. The maximum absolute atomic E-state index is 13.1. The number of fused-ring (bicyclic) bond motifs is 2. The van der Waals surface area contributed by atoms with Crippen LogP contribution in [0.4, 0.5) is 16.3 Å². The van der Waals surface area contributed by atoms with E-state index in [-0.39, 0.29) is 11.9 Å². The largest absolute Gasteiger partial charge is 0.361 e. The molecule has 3 amide bonds. The van der Waals surface area contributed by atoms with E-state index in [1.807, 2.05) is 23.7 Å². The summed E-state index contributed by atoms with van der Waals surface area (Å²) in [6, 6.07) is 10.5. The average molecular weight is 455 g/mol. The van der Waals surface area contributed by atoms with Gasteiger partial charge in [0.2, 0.25) is 5.91 Å². The van der Waals surface area contributed by atoms with Gasteiger partial charge in [-0.3, -0.25) is 9.69 Å². The van der Waals surface area contributed by atoms with E-state index in [0.717, 1.165) is 5.82 Å². The zero-order chi connectivity index (χ0) is 22.3. The molecule has 0 saturated carbocycles. The van der Waals surface area contributed by atoms with Gasteiger partial charge in [-0.05, 0) is 44.0 Å². The number of nitrogens with zero attached hydrogens (tertiary/aromatic N) is 5. The maximum atomic E-state index is 13.1. The normalized spacial score (nSPS) is 17.5. The highest BCUT2D eigenvalue weighted by atomic mass is 35.5. The third kappa shape index (κ3) is 3.73. The third-order valence-corrected chi connectivity index (χ3v) is 6.46. The molecule has 166 valence electrons. The summed E-state index contributed by atoms with van der Waals surface area (Å²) < 4.78 is 7.10. The number of hydrogen-bond acceptors (Lipinski definition) is 5. The number of hydrogen-bond donors (Lipinski definition) is 1. The van der Waals surface area contributed by atoms with Gasteiger partial charge in [0.05, 0.1) is 24.7 Å². The second-order valence-electron chi connectivity index (χ2n) is 8.34. The Morgan fingerprint density at radius 3 is 2.66 bits per heavy atom. The fourth-order valence-corrected chi connectivity index (χ4v) is 4.65. The Kier molecular flexibility index (Phi) is 5.13. The number of piperidine rings is 1. The molecule has 1 saturated heterocycles. The number of carbonyl (C=O) groups excluding carboxylic acids is 2. The number of benzene rings is 1. The lowest BCUT2D eigenvalue weighted by molar-refractivity contribution is -0.123. The molecule has 10 heteroatoms. The molecule has 4 heterocycles. The van der Waals surface area contributed by atoms with Crippen molar-refractivity contribution in [2.24, 2.45) is 0 Å². The molecule has 5 rings (SSSR count). The van der Waals surface area contributed by atoms with Gasteiger partial charge >= 0.3 is 6.03 Å². The van der Waals surface area contributed by atoms with E-state index in [4.69, 9.17) is 16.1 Å². The molecule has 0 atom stereocenters. The SMILES string of the molecule is Cc1cc(CN2C(=O)CC3(CCN(C(=O)Nc4ccc(Cl)cc4)CC3)n3nccc32)no1. The van der Waals surface area contributed by atoms with E-state index in [1.165, 1.54) is 0 Å². The van der Waals surface area contributed by atoms with Crippen LogP contribution < -0.4 is 10.2 Å². The molecule has 0 unspecified atom stereocenters. The predicted molar refractivity (Wildman–Crippen MR) is 119 cm³/mol. The van der Waals surface area contributed by atoms with E-state index in [2.05, 4.69) is 15.6 Å². The molecule has 0 aliphatic carbocycles. The summed E-state index contributed by atoms with van der Waals surface area (Å²) in [6.07, 6.45) is 3.36. The van der Waals surface area contributed by atoms with Crippen LogP contribution in [0.2, 0.25) is 5.02 Å².